The van der Waals surface area contributed by atoms with Crippen molar-refractivity contribution >= 4 is 11.9 Å². The molecular formula is C16H8N2O4. The second kappa shape index (κ2) is 6.21. The van der Waals surface area contributed by atoms with E-state index in [4.69, 9.17) is 20.4 Å². The number of nitrogens with zero attached hydrogens (tertiary/aromatic N) is 2. The van der Waals surface area contributed by atoms with Gasteiger partial charge in [-0.25, -0.2) is 9.59 Å². The van der Waals surface area contributed by atoms with Crippen molar-refractivity contribution in [1.82, 2.24) is 0 Å². The summed E-state index contributed by atoms with van der Waals surface area (Å²) in [6, 6.07) is 13.1. The third-order valence-electron chi connectivity index (χ3n) is 2.79. The van der Waals surface area contributed by atoms with Gasteiger partial charge < -0.3 is 9.84 Å². The van der Waals surface area contributed by atoms with Crippen LogP contribution in [0.2, 0.25) is 0 Å². The summed E-state index contributed by atoms with van der Waals surface area (Å²) in [7, 11) is 0. The molecule has 0 aliphatic carbocycles. The van der Waals surface area contributed by atoms with E-state index in [2.05, 4.69) is 0 Å². The van der Waals surface area contributed by atoms with Gasteiger partial charge in [0.25, 0.3) is 0 Å². The van der Waals surface area contributed by atoms with Crippen LogP contribution in [0.4, 0.5) is 0 Å². The van der Waals surface area contributed by atoms with Crippen LogP contribution in [-0.2, 0) is 0 Å². The van der Waals surface area contributed by atoms with Crippen LogP contribution >= 0.6 is 0 Å². The zero-order valence-corrected chi connectivity index (χ0v) is 11.1. The highest BCUT2D eigenvalue weighted by Gasteiger charge is 2.16. The molecular weight excluding hydrogens is 284 g/mol. The average Bonchev–Trinajstić information content (AvgIpc) is 2.54. The minimum Gasteiger partial charge on any atom is -0.478 e. The van der Waals surface area contributed by atoms with Gasteiger partial charge in [-0.3, -0.25) is 0 Å². The van der Waals surface area contributed by atoms with E-state index < -0.39 is 11.9 Å². The number of carbonyl (C=O) groups excluding carboxylic acids is 1. The lowest BCUT2D eigenvalue weighted by molar-refractivity contribution is 0.0681. The van der Waals surface area contributed by atoms with Gasteiger partial charge in [-0.05, 0) is 42.5 Å². The number of aromatic carboxylic acids is 1. The summed E-state index contributed by atoms with van der Waals surface area (Å²) < 4.78 is 5.06. The molecule has 0 saturated heterocycles. The predicted octanol–water partition coefficient (Wildman–Crippen LogP) is 2.35. The first-order chi connectivity index (χ1) is 10.5. The first-order valence-electron chi connectivity index (χ1n) is 6.05. The van der Waals surface area contributed by atoms with E-state index in [1.54, 1.807) is 0 Å². The maximum absolute atomic E-state index is 12.0. The maximum Gasteiger partial charge on any atom is 0.343 e. The fourth-order valence-electron chi connectivity index (χ4n) is 1.69. The largest absolute Gasteiger partial charge is 0.478 e. The third kappa shape index (κ3) is 3.09. The minimum atomic E-state index is -1.27. The Hall–Kier alpha value is -3.64. The molecule has 0 radical (unpaired) electrons. The summed E-state index contributed by atoms with van der Waals surface area (Å²) in [4.78, 5) is 23.1. The van der Waals surface area contributed by atoms with Crippen LogP contribution in [0.3, 0.4) is 0 Å². The molecule has 22 heavy (non-hydrogen) atoms. The molecule has 0 aliphatic rings. The van der Waals surface area contributed by atoms with Gasteiger partial charge in [0.05, 0.1) is 28.8 Å². The van der Waals surface area contributed by atoms with E-state index in [1.165, 1.54) is 42.5 Å². The molecule has 0 spiro atoms. The zero-order valence-electron chi connectivity index (χ0n) is 11.1. The molecule has 6 heteroatoms. The number of carboxylic acids is 1. The molecule has 0 unspecified atom stereocenters. The Labute approximate surface area is 125 Å². The van der Waals surface area contributed by atoms with Gasteiger partial charge in [0.2, 0.25) is 0 Å². The van der Waals surface area contributed by atoms with Crippen molar-refractivity contribution in [1.29, 1.82) is 10.5 Å². The number of nitriles is 2. The van der Waals surface area contributed by atoms with Gasteiger partial charge in [0.15, 0.2) is 0 Å². The monoisotopic (exact) mass is 292 g/mol. The highest BCUT2D eigenvalue weighted by atomic mass is 16.5. The van der Waals surface area contributed by atoms with E-state index in [-0.39, 0.29) is 22.4 Å². The van der Waals surface area contributed by atoms with Gasteiger partial charge in [-0.1, -0.05) is 0 Å². The molecule has 2 aromatic rings. The van der Waals surface area contributed by atoms with Crippen LogP contribution in [0.25, 0.3) is 0 Å². The van der Waals surface area contributed by atoms with Crippen LogP contribution in [-0.4, -0.2) is 17.0 Å². The van der Waals surface area contributed by atoms with Gasteiger partial charge in [-0.15, -0.1) is 0 Å². The lowest BCUT2D eigenvalue weighted by Gasteiger charge is -2.08. The number of hydrogen-bond acceptors (Lipinski definition) is 5. The van der Waals surface area contributed by atoms with E-state index in [1.807, 2.05) is 12.1 Å². The van der Waals surface area contributed by atoms with Crippen molar-refractivity contribution in [2.24, 2.45) is 0 Å². The molecule has 0 heterocycles. The number of carboxylic acid groups (broad SMARTS) is 1. The van der Waals surface area contributed by atoms with Crippen molar-refractivity contribution in [2.45, 2.75) is 0 Å². The summed E-state index contributed by atoms with van der Waals surface area (Å²) in [5, 5.41) is 26.6. The Morgan fingerprint density at radius 1 is 0.955 bits per heavy atom. The lowest BCUT2D eigenvalue weighted by Crippen LogP contribution is -2.11. The molecule has 0 aliphatic heterocycles. The predicted molar refractivity (Wildman–Crippen MR) is 74.2 cm³/mol. The highest BCUT2D eigenvalue weighted by molar-refractivity contribution is 5.95. The van der Waals surface area contributed by atoms with Crippen LogP contribution in [0.1, 0.15) is 31.8 Å². The topological polar surface area (TPSA) is 111 Å². The summed E-state index contributed by atoms with van der Waals surface area (Å²) in [5.74, 6) is -2.25. The third-order valence-corrected chi connectivity index (χ3v) is 2.79. The molecule has 6 nitrogen and oxygen atoms in total. The van der Waals surface area contributed by atoms with Crippen molar-refractivity contribution < 1.29 is 19.4 Å². The Balaban J connectivity index is 2.33. The molecule has 1 N–H and O–H groups in total. The highest BCUT2D eigenvalue weighted by Crippen LogP contribution is 2.22. The Morgan fingerprint density at radius 3 is 2.09 bits per heavy atom. The SMILES string of the molecule is N#Cc1ccc(C(=O)Oc2cc(C#N)ccc2C(=O)O)cc1. The minimum absolute atomic E-state index is 0.165. The summed E-state index contributed by atoms with van der Waals surface area (Å²) >= 11 is 0. The zero-order chi connectivity index (χ0) is 16.1. The second-order valence-corrected chi connectivity index (χ2v) is 4.21. The van der Waals surface area contributed by atoms with Gasteiger partial charge in [-0.2, -0.15) is 10.5 Å². The Kier molecular flexibility index (Phi) is 4.17. The van der Waals surface area contributed by atoms with Gasteiger partial charge >= 0.3 is 11.9 Å². The average molecular weight is 292 g/mol. The number of carbonyl (C=O) groups is 2. The number of benzene rings is 2. The maximum atomic E-state index is 12.0. The van der Waals surface area contributed by atoms with E-state index in [0.717, 1.165) is 0 Å². The van der Waals surface area contributed by atoms with E-state index in [9.17, 15) is 9.59 Å². The number of esters is 1. The summed E-state index contributed by atoms with van der Waals surface area (Å²) in [6.07, 6.45) is 0. The van der Waals surface area contributed by atoms with Crippen LogP contribution in [0, 0.1) is 22.7 Å². The molecule has 0 bridgehead atoms. The first-order valence-corrected chi connectivity index (χ1v) is 6.05. The van der Waals surface area contributed by atoms with Gasteiger partial charge in [0.1, 0.15) is 11.3 Å². The van der Waals surface area contributed by atoms with Gasteiger partial charge in [0, 0.05) is 0 Å². The van der Waals surface area contributed by atoms with E-state index in [0.29, 0.717) is 5.56 Å². The molecule has 106 valence electrons. The quantitative estimate of drug-likeness (QED) is 0.686. The first kappa shape index (κ1) is 14.8. The van der Waals surface area contributed by atoms with E-state index >= 15 is 0 Å². The number of ether oxygens (including phenoxy) is 1. The number of hydrogen-bond donors (Lipinski definition) is 1. The fraction of sp³-hybridized carbons (Fsp3) is 0. The number of rotatable bonds is 3. The second-order valence-electron chi connectivity index (χ2n) is 4.21. The molecule has 0 atom stereocenters. The normalized spacial score (nSPS) is 9.36. The van der Waals surface area contributed by atoms with Crippen LogP contribution in [0.5, 0.6) is 5.75 Å². The molecule has 2 rings (SSSR count). The lowest BCUT2D eigenvalue weighted by atomic mass is 10.1. The van der Waals surface area contributed by atoms with Crippen molar-refractivity contribution in [2.75, 3.05) is 0 Å². The van der Waals surface area contributed by atoms with Crippen molar-refractivity contribution in [3.63, 3.8) is 0 Å². The summed E-state index contributed by atoms with van der Waals surface area (Å²) in [5.41, 5.74) is 0.501. The molecule has 0 amide bonds. The Bertz CT molecular complexity index is 827. The van der Waals surface area contributed by atoms with Crippen LogP contribution in [0.15, 0.2) is 42.5 Å². The van der Waals surface area contributed by atoms with Crippen LogP contribution < -0.4 is 4.74 Å². The standard InChI is InChI=1S/C16H8N2O4/c17-8-10-1-4-12(5-2-10)16(21)22-14-7-11(9-18)3-6-13(14)15(19)20/h1-7H,(H,19,20). The van der Waals surface area contributed by atoms with Crippen molar-refractivity contribution in [3.8, 4) is 17.9 Å². The fourth-order valence-corrected chi connectivity index (χ4v) is 1.69. The molecule has 0 aromatic heterocycles. The van der Waals surface area contributed by atoms with Crippen molar-refractivity contribution in [3.05, 3.63) is 64.7 Å². The smallest absolute Gasteiger partial charge is 0.343 e. The Morgan fingerprint density at radius 2 is 1.55 bits per heavy atom. The molecule has 0 fully saturated rings. The molecule has 2 aromatic carbocycles. The summed E-state index contributed by atoms with van der Waals surface area (Å²) in [6.45, 7) is 0. The molecule has 0 saturated carbocycles.